The van der Waals surface area contributed by atoms with Gasteiger partial charge in [0.15, 0.2) is 4.80 Å². The number of nitrogens with zero attached hydrogens (tertiary/aromatic N) is 2. The molecule has 1 heterocycles. The molecule has 30 heavy (non-hydrogen) atoms. The Kier molecular flexibility index (Phi) is 7.57. The molecule has 2 aromatic carbocycles. The van der Waals surface area contributed by atoms with Gasteiger partial charge in [-0.2, -0.15) is 4.99 Å². The molecule has 0 aliphatic rings. The van der Waals surface area contributed by atoms with E-state index in [1.165, 1.54) is 24.5 Å². The number of esters is 1. The van der Waals surface area contributed by atoms with Crippen molar-refractivity contribution < 1.29 is 19.1 Å². The number of amides is 1. The molecule has 0 fully saturated rings. The lowest BCUT2D eigenvalue weighted by atomic mass is 10.2. The summed E-state index contributed by atoms with van der Waals surface area (Å²) in [5, 5.41) is 0.561. The zero-order valence-electron chi connectivity index (χ0n) is 16.6. The Morgan fingerprint density at radius 2 is 2.03 bits per heavy atom. The summed E-state index contributed by atoms with van der Waals surface area (Å²) in [5.74, 6) is -0.816. The SMILES string of the molecule is CCOCCn1c(=NC(=O)/C=C/c2ccccc2Cl)sc2cc(C(=O)OC)ccc21. The minimum Gasteiger partial charge on any atom is -0.465 e. The van der Waals surface area contributed by atoms with Gasteiger partial charge in [0.05, 0.1) is 29.5 Å². The predicted octanol–water partition coefficient (Wildman–Crippen LogP) is 4.32. The fraction of sp³-hybridized carbons (Fsp3) is 0.227. The molecule has 0 radical (unpaired) electrons. The Morgan fingerprint density at radius 3 is 2.77 bits per heavy atom. The third kappa shape index (κ3) is 5.24. The van der Waals surface area contributed by atoms with Crippen LogP contribution >= 0.6 is 22.9 Å². The molecule has 0 atom stereocenters. The van der Waals surface area contributed by atoms with Crippen molar-refractivity contribution in [3.05, 3.63) is 69.5 Å². The molecular weight excluding hydrogens is 424 g/mol. The summed E-state index contributed by atoms with van der Waals surface area (Å²) < 4.78 is 13.0. The summed E-state index contributed by atoms with van der Waals surface area (Å²) >= 11 is 7.45. The number of carbonyl (C=O) groups excluding carboxylic acids is 2. The molecule has 0 spiro atoms. The summed E-state index contributed by atoms with van der Waals surface area (Å²) in [6.07, 6.45) is 3.03. The van der Waals surface area contributed by atoms with Crippen molar-refractivity contribution >= 4 is 51.1 Å². The number of aromatic nitrogens is 1. The molecule has 0 aliphatic heterocycles. The number of halogens is 1. The second-order valence-electron chi connectivity index (χ2n) is 6.21. The molecule has 0 saturated carbocycles. The Hall–Kier alpha value is -2.74. The smallest absolute Gasteiger partial charge is 0.337 e. The zero-order valence-corrected chi connectivity index (χ0v) is 18.2. The first kappa shape index (κ1) is 22.0. The van der Waals surface area contributed by atoms with Crippen LogP contribution < -0.4 is 4.80 Å². The van der Waals surface area contributed by atoms with Crippen molar-refractivity contribution in [2.75, 3.05) is 20.3 Å². The van der Waals surface area contributed by atoms with Gasteiger partial charge in [-0.1, -0.05) is 41.1 Å². The van der Waals surface area contributed by atoms with Crippen molar-refractivity contribution in [2.45, 2.75) is 13.5 Å². The number of fused-ring (bicyclic) bond motifs is 1. The standard InChI is InChI=1S/C22H21ClN2O4S/c1-3-29-13-12-25-18-10-8-16(21(27)28-2)14-19(18)30-22(25)24-20(26)11-9-15-6-4-5-7-17(15)23/h4-11,14H,3,12-13H2,1-2H3/b11-9+,24-22?. The molecule has 3 aromatic rings. The van der Waals surface area contributed by atoms with E-state index in [1.54, 1.807) is 24.3 Å². The quantitative estimate of drug-likeness (QED) is 0.309. The van der Waals surface area contributed by atoms with Crippen molar-refractivity contribution in [1.82, 2.24) is 4.57 Å². The van der Waals surface area contributed by atoms with E-state index in [-0.39, 0.29) is 0 Å². The summed E-state index contributed by atoms with van der Waals surface area (Å²) in [7, 11) is 1.34. The van der Waals surface area contributed by atoms with Gasteiger partial charge in [-0.05, 0) is 42.8 Å². The molecule has 1 amide bonds. The van der Waals surface area contributed by atoms with E-state index in [0.717, 1.165) is 15.8 Å². The van der Waals surface area contributed by atoms with Gasteiger partial charge in [0, 0.05) is 24.3 Å². The van der Waals surface area contributed by atoms with Crippen LogP contribution in [0.1, 0.15) is 22.8 Å². The molecule has 156 valence electrons. The van der Waals surface area contributed by atoms with Crippen molar-refractivity contribution in [1.29, 1.82) is 0 Å². The highest BCUT2D eigenvalue weighted by molar-refractivity contribution is 7.16. The average molecular weight is 445 g/mol. The van der Waals surface area contributed by atoms with E-state index < -0.39 is 11.9 Å². The molecule has 0 N–H and O–H groups in total. The normalized spacial score (nSPS) is 12.0. The third-order valence-electron chi connectivity index (χ3n) is 4.28. The molecule has 6 nitrogen and oxygen atoms in total. The lowest BCUT2D eigenvalue weighted by molar-refractivity contribution is -0.113. The minimum absolute atomic E-state index is 0.403. The Balaban J connectivity index is 1.99. The van der Waals surface area contributed by atoms with Crippen LogP contribution in [0.25, 0.3) is 16.3 Å². The van der Waals surface area contributed by atoms with Crippen LogP contribution in [0.5, 0.6) is 0 Å². The molecule has 0 bridgehead atoms. The molecular formula is C22H21ClN2O4S. The number of hydrogen-bond donors (Lipinski definition) is 0. The molecule has 0 aliphatic carbocycles. The molecule has 3 rings (SSSR count). The monoisotopic (exact) mass is 444 g/mol. The van der Waals surface area contributed by atoms with Gasteiger partial charge in [0.1, 0.15) is 0 Å². The maximum absolute atomic E-state index is 12.5. The largest absolute Gasteiger partial charge is 0.465 e. The van der Waals surface area contributed by atoms with E-state index in [1.807, 2.05) is 35.8 Å². The molecule has 8 heteroatoms. The summed E-state index contributed by atoms with van der Waals surface area (Å²) in [5.41, 5.74) is 2.06. The number of ether oxygens (including phenoxy) is 2. The van der Waals surface area contributed by atoms with Gasteiger partial charge >= 0.3 is 5.97 Å². The van der Waals surface area contributed by atoms with E-state index in [9.17, 15) is 9.59 Å². The van der Waals surface area contributed by atoms with Crippen LogP contribution in [-0.2, 0) is 20.8 Å². The van der Waals surface area contributed by atoms with Crippen LogP contribution in [0.15, 0.2) is 53.5 Å². The van der Waals surface area contributed by atoms with Crippen LogP contribution in [-0.4, -0.2) is 36.8 Å². The fourth-order valence-electron chi connectivity index (χ4n) is 2.82. The van der Waals surface area contributed by atoms with Crippen molar-refractivity contribution in [3.8, 4) is 0 Å². The van der Waals surface area contributed by atoms with Crippen molar-refractivity contribution in [2.24, 2.45) is 4.99 Å². The van der Waals surface area contributed by atoms with Crippen LogP contribution in [0.3, 0.4) is 0 Å². The summed E-state index contributed by atoms with van der Waals surface area (Å²) in [4.78, 5) is 29.1. The number of rotatable bonds is 7. The molecule has 0 unspecified atom stereocenters. The van der Waals surface area contributed by atoms with Crippen LogP contribution in [0, 0.1) is 0 Å². The van der Waals surface area contributed by atoms with Gasteiger partial charge in [0.25, 0.3) is 5.91 Å². The number of thiazole rings is 1. The zero-order chi connectivity index (χ0) is 21.5. The van der Waals surface area contributed by atoms with Crippen LogP contribution in [0.2, 0.25) is 5.02 Å². The average Bonchev–Trinajstić information content (AvgIpc) is 3.09. The lowest BCUT2D eigenvalue weighted by Gasteiger charge is -2.05. The van der Waals surface area contributed by atoms with E-state index in [2.05, 4.69) is 4.99 Å². The predicted molar refractivity (Wildman–Crippen MR) is 119 cm³/mol. The molecule has 1 aromatic heterocycles. The number of methoxy groups -OCH3 is 1. The Morgan fingerprint density at radius 1 is 1.23 bits per heavy atom. The third-order valence-corrected chi connectivity index (χ3v) is 5.67. The van der Waals surface area contributed by atoms with Gasteiger partial charge < -0.3 is 14.0 Å². The maximum atomic E-state index is 12.5. The number of carbonyl (C=O) groups is 2. The first-order chi connectivity index (χ1) is 14.5. The van der Waals surface area contributed by atoms with Gasteiger partial charge in [-0.15, -0.1) is 0 Å². The highest BCUT2D eigenvalue weighted by atomic mass is 35.5. The van der Waals surface area contributed by atoms with Gasteiger partial charge in [0.2, 0.25) is 0 Å². The maximum Gasteiger partial charge on any atom is 0.337 e. The highest BCUT2D eigenvalue weighted by Crippen LogP contribution is 2.20. The second kappa shape index (κ2) is 10.3. The minimum atomic E-state index is -0.414. The summed E-state index contributed by atoms with van der Waals surface area (Å²) in [6, 6.07) is 12.5. The van der Waals surface area contributed by atoms with E-state index in [4.69, 9.17) is 21.1 Å². The first-order valence-corrected chi connectivity index (χ1v) is 10.5. The van der Waals surface area contributed by atoms with Crippen LogP contribution in [0.4, 0.5) is 0 Å². The van der Waals surface area contributed by atoms with Gasteiger partial charge in [-0.25, -0.2) is 4.79 Å². The first-order valence-electron chi connectivity index (χ1n) is 9.34. The topological polar surface area (TPSA) is 69.9 Å². The van der Waals surface area contributed by atoms with Gasteiger partial charge in [-0.3, -0.25) is 4.79 Å². The Labute approximate surface area is 183 Å². The lowest BCUT2D eigenvalue weighted by Crippen LogP contribution is -2.19. The number of benzene rings is 2. The van der Waals surface area contributed by atoms with E-state index in [0.29, 0.717) is 35.1 Å². The Bertz CT molecular complexity index is 1160. The summed E-state index contributed by atoms with van der Waals surface area (Å²) in [6.45, 7) is 3.54. The molecule has 0 saturated heterocycles. The fourth-order valence-corrected chi connectivity index (χ4v) is 4.12. The highest BCUT2D eigenvalue weighted by Gasteiger charge is 2.12. The number of hydrogen-bond acceptors (Lipinski definition) is 5. The van der Waals surface area contributed by atoms with E-state index >= 15 is 0 Å². The second-order valence-corrected chi connectivity index (χ2v) is 7.63. The van der Waals surface area contributed by atoms with Crippen molar-refractivity contribution in [3.63, 3.8) is 0 Å².